The lowest BCUT2D eigenvalue weighted by Crippen LogP contribution is -2.54. The Labute approximate surface area is 126 Å². The molecule has 1 fully saturated rings. The molecule has 1 rings (SSSR count). The summed E-state index contributed by atoms with van der Waals surface area (Å²) < 4.78 is 24.3. The maximum absolute atomic E-state index is 12.2. The van der Waals surface area contributed by atoms with Crippen molar-refractivity contribution in [2.45, 2.75) is 45.7 Å². The molecule has 1 saturated heterocycles. The predicted molar refractivity (Wildman–Crippen MR) is 80.0 cm³/mol. The first-order valence-electron chi connectivity index (χ1n) is 7.14. The molecule has 0 bridgehead atoms. The van der Waals surface area contributed by atoms with Gasteiger partial charge >= 0.3 is 0 Å². The number of carbonyl (C=O) groups is 2. The van der Waals surface area contributed by atoms with Crippen molar-refractivity contribution in [3.05, 3.63) is 0 Å². The zero-order valence-corrected chi connectivity index (χ0v) is 13.9. The van der Waals surface area contributed by atoms with Gasteiger partial charge in [-0.15, -0.1) is 0 Å². The zero-order valence-electron chi connectivity index (χ0n) is 13.0. The van der Waals surface area contributed by atoms with E-state index in [-0.39, 0.29) is 23.8 Å². The number of nitrogens with zero attached hydrogens (tertiary/aromatic N) is 1. The van der Waals surface area contributed by atoms with Gasteiger partial charge in [-0.3, -0.25) is 9.59 Å². The second-order valence-corrected chi connectivity index (χ2v) is 7.85. The van der Waals surface area contributed by atoms with Crippen molar-refractivity contribution in [1.82, 2.24) is 14.9 Å². The molecule has 2 amide bonds. The molecule has 0 radical (unpaired) electrons. The summed E-state index contributed by atoms with van der Waals surface area (Å²) in [4.78, 5) is 23.4. The van der Waals surface area contributed by atoms with Gasteiger partial charge in [-0.25, -0.2) is 12.7 Å². The lowest BCUT2D eigenvalue weighted by molar-refractivity contribution is -0.129. The van der Waals surface area contributed by atoms with E-state index in [4.69, 9.17) is 0 Å². The minimum absolute atomic E-state index is 0.00925. The minimum Gasteiger partial charge on any atom is -0.351 e. The van der Waals surface area contributed by atoms with Crippen LogP contribution in [0, 0.1) is 5.92 Å². The van der Waals surface area contributed by atoms with Gasteiger partial charge < -0.3 is 10.6 Å². The van der Waals surface area contributed by atoms with Crippen LogP contribution in [-0.2, 0) is 19.6 Å². The van der Waals surface area contributed by atoms with Gasteiger partial charge in [0, 0.05) is 26.1 Å². The third-order valence-corrected chi connectivity index (χ3v) is 4.88. The van der Waals surface area contributed by atoms with Crippen LogP contribution >= 0.6 is 0 Å². The molecular formula is C13H25N3O4S. The fourth-order valence-electron chi connectivity index (χ4n) is 2.38. The molecule has 122 valence electrons. The van der Waals surface area contributed by atoms with E-state index in [0.717, 1.165) is 0 Å². The Morgan fingerprint density at radius 3 is 2.10 bits per heavy atom. The summed E-state index contributed by atoms with van der Waals surface area (Å²) in [5, 5.41) is 5.55. The molecule has 0 unspecified atom stereocenters. The summed E-state index contributed by atoms with van der Waals surface area (Å²) in [6.45, 7) is 5.94. The Bertz CT molecular complexity index is 482. The Balaban J connectivity index is 2.54. The maximum atomic E-state index is 12.2. The zero-order chi connectivity index (χ0) is 16.2. The van der Waals surface area contributed by atoms with Gasteiger partial charge in [-0.2, -0.15) is 0 Å². The van der Waals surface area contributed by atoms with Crippen molar-refractivity contribution in [2.75, 3.05) is 19.3 Å². The van der Waals surface area contributed by atoms with Crippen LogP contribution in [0.5, 0.6) is 0 Å². The fraction of sp³-hybridized carbons (Fsp3) is 0.846. The highest BCUT2D eigenvalue weighted by atomic mass is 32.2. The Kier molecular flexibility index (Phi) is 6.15. The van der Waals surface area contributed by atoms with E-state index < -0.39 is 16.1 Å². The molecule has 1 heterocycles. The van der Waals surface area contributed by atoms with Crippen LogP contribution in [0.4, 0.5) is 0 Å². The average Bonchev–Trinajstić information content (AvgIpc) is 2.34. The molecule has 0 spiro atoms. The lowest BCUT2D eigenvalue weighted by Gasteiger charge is -2.32. The molecule has 1 atom stereocenters. The van der Waals surface area contributed by atoms with E-state index in [2.05, 4.69) is 10.6 Å². The molecule has 0 aromatic heterocycles. The molecule has 0 aliphatic carbocycles. The van der Waals surface area contributed by atoms with Gasteiger partial charge in [0.2, 0.25) is 21.8 Å². The largest absolute Gasteiger partial charge is 0.351 e. The molecule has 1 aliphatic heterocycles. The normalized spacial score (nSPS) is 19.3. The number of nitrogens with one attached hydrogen (secondary N) is 2. The summed E-state index contributed by atoms with van der Waals surface area (Å²) in [6, 6.07) is -0.610. The predicted octanol–water partition coefficient (Wildman–Crippen LogP) is -0.313. The quantitative estimate of drug-likeness (QED) is 0.726. The van der Waals surface area contributed by atoms with Crippen LogP contribution in [0.3, 0.4) is 0 Å². The SMILES string of the molecule is CC(=O)N[C@@H](C(=O)NC1CCN(S(C)(=O)=O)CC1)C(C)C. The lowest BCUT2D eigenvalue weighted by atomic mass is 10.0. The minimum atomic E-state index is -3.16. The van der Waals surface area contributed by atoms with Gasteiger partial charge in [-0.05, 0) is 18.8 Å². The van der Waals surface area contributed by atoms with Crippen molar-refractivity contribution in [3.8, 4) is 0 Å². The fourth-order valence-corrected chi connectivity index (χ4v) is 3.25. The Morgan fingerprint density at radius 1 is 1.19 bits per heavy atom. The number of rotatable bonds is 5. The van der Waals surface area contributed by atoms with E-state index in [1.165, 1.54) is 17.5 Å². The summed E-state index contributed by atoms with van der Waals surface area (Å²) in [6.07, 6.45) is 2.37. The van der Waals surface area contributed by atoms with Gasteiger partial charge in [0.1, 0.15) is 6.04 Å². The Morgan fingerprint density at radius 2 is 1.71 bits per heavy atom. The molecule has 0 saturated carbocycles. The first-order chi connectivity index (χ1) is 9.61. The van der Waals surface area contributed by atoms with Gasteiger partial charge in [0.05, 0.1) is 6.26 Å². The van der Waals surface area contributed by atoms with E-state index in [1.54, 1.807) is 0 Å². The second-order valence-electron chi connectivity index (χ2n) is 5.87. The number of hydrogen-bond donors (Lipinski definition) is 2. The maximum Gasteiger partial charge on any atom is 0.243 e. The topological polar surface area (TPSA) is 95.6 Å². The summed E-state index contributed by atoms with van der Waals surface area (Å²) >= 11 is 0. The molecular weight excluding hydrogens is 294 g/mol. The highest BCUT2D eigenvalue weighted by Crippen LogP contribution is 2.14. The highest BCUT2D eigenvalue weighted by molar-refractivity contribution is 7.88. The van der Waals surface area contributed by atoms with Crippen LogP contribution < -0.4 is 10.6 Å². The number of amides is 2. The average molecular weight is 319 g/mol. The molecule has 8 heteroatoms. The third kappa shape index (κ3) is 5.62. The van der Waals surface area contributed by atoms with E-state index in [0.29, 0.717) is 25.9 Å². The first kappa shape index (κ1) is 17.9. The second kappa shape index (κ2) is 7.22. The third-order valence-electron chi connectivity index (χ3n) is 3.58. The van der Waals surface area contributed by atoms with E-state index in [9.17, 15) is 18.0 Å². The summed E-state index contributed by atoms with van der Waals surface area (Å²) in [7, 11) is -3.16. The highest BCUT2D eigenvalue weighted by Gasteiger charge is 2.29. The molecule has 2 N–H and O–H groups in total. The van der Waals surface area contributed by atoms with Crippen molar-refractivity contribution in [3.63, 3.8) is 0 Å². The van der Waals surface area contributed by atoms with Gasteiger partial charge in [0.15, 0.2) is 0 Å². The van der Waals surface area contributed by atoms with Crippen molar-refractivity contribution < 1.29 is 18.0 Å². The van der Waals surface area contributed by atoms with Crippen molar-refractivity contribution in [2.24, 2.45) is 5.92 Å². The Hall–Kier alpha value is -1.15. The van der Waals surface area contributed by atoms with Crippen molar-refractivity contribution in [1.29, 1.82) is 0 Å². The molecule has 0 aromatic carbocycles. The number of carbonyl (C=O) groups excluding carboxylic acids is 2. The van der Waals surface area contributed by atoms with Crippen LogP contribution in [0.1, 0.15) is 33.6 Å². The van der Waals surface area contributed by atoms with Crippen LogP contribution in [0.15, 0.2) is 0 Å². The van der Waals surface area contributed by atoms with Gasteiger partial charge in [-0.1, -0.05) is 13.8 Å². The molecule has 0 aromatic rings. The molecule has 1 aliphatic rings. The van der Waals surface area contributed by atoms with Crippen LogP contribution in [0.2, 0.25) is 0 Å². The first-order valence-corrected chi connectivity index (χ1v) is 8.98. The number of hydrogen-bond acceptors (Lipinski definition) is 4. The van der Waals surface area contributed by atoms with Gasteiger partial charge in [0.25, 0.3) is 0 Å². The monoisotopic (exact) mass is 319 g/mol. The standard InChI is InChI=1S/C13H25N3O4S/c1-9(2)12(14-10(3)17)13(18)15-11-5-7-16(8-6-11)21(4,19)20/h9,11-12H,5-8H2,1-4H3,(H,14,17)(H,15,18)/t12-/m1/s1. The summed E-state index contributed by atoms with van der Waals surface area (Å²) in [5.74, 6) is -0.459. The van der Waals surface area contributed by atoms with Crippen LogP contribution in [0.25, 0.3) is 0 Å². The van der Waals surface area contributed by atoms with E-state index >= 15 is 0 Å². The number of sulfonamides is 1. The molecule has 21 heavy (non-hydrogen) atoms. The molecule has 7 nitrogen and oxygen atoms in total. The number of piperidine rings is 1. The van der Waals surface area contributed by atoms with Crippen LogP contribution in [-0.4, -0.2) is 56.0 Å². The van der Waals surface area contributed by atoms with Crippen molar-refractivity contribution >= 4 is 21.8 Å². The smallest absolute Gasteiger partial charge is 0.243 e. The van der Waals surface area contributed by atoms with E-state index in [1.807, 2.05) is 13.8 Å². The summed E-state index contributed by atoms with van der Waals surface area (Å²) in [5.41, 5.74) is 0.